The van der Waals surface area contributed by atoms with Crippen LogP contribution >= 0.6 is 15.9 Å². The number of rotatable bonds is 8. The molecule has 1 aromatic carbocycles. The van der Waals surface area contributed by atoms with Gasteiger partial charge < -0.3 is 14.2 Å². The predicted molar refractivity (Wildman–Crippen MR) is 75.0 cm³/mol. The van der Waals surface area contributed by atoms with Crippen molar-refractivity contribution >= 4 is 26.0 Å². The standard InChI is InChI=1S/C11H16BrNO5S/c1-16-10-4-2-3-9(12)11(10)18-6-5-17-7-8-19(13,14)15/h2-4H,5-8H2,1H3,(H2,13,14,15). The second-order valence-corrected chi connectivity index (χ2v) is 6.19. The van der Waals surface area contributed by atoms with Crippen molar-refractivity contribution in [2.75, 3.05) is 32.7 Å². The van der Waals surface area contributed by atoms with Gasteiger partial charge in [0.1, 0.15) is 6.61 Å². The van der Waals surface area contributed by atoms with Gasteiger partial charge in [-0.1, -0.05) is 6.07 Å². The molecule has 108 valence electrons. The molecule has 8 heteroatoms. The van der Waals surface area contributed by atoms with Crippen molar-refractivity contribution in [2.45, 2.75) is 0 Å². The van der Waals surface area contributed by atoms with Crippen LogP contribution in [0.2, 0.25) is 0 Å². The lowest BCUT2D eigenvalue weighted by molar-refractivity contribution is 0.109. The van der Waals surface area contributed by atoms with Gasteiger partial charge in [0.05, 0.1) is 30.5 Å². The number of sulfonamides is 1. The Morgan fingerprint density at radius 1 is 1.26 bits per heavy atom. The third-order valence-electron chi connectivity index (χ3n) is 2.14. The van der Waals surface area contributed by atoms with Crippen LogP contribution in [0.1, 0.15) is 0 Å². The van der Waals surface area contributed by atoms with Crippen LogP contribution in [0.15, 0.2) is 22.7 Å². The summed E-state index contributed by atoms with van der Waals surface area (Å²) in [6.07, 6.45) is 0. The average molecular weight is 354 g/mol. The predicted octanol–water partition coefficient (Wildman–Crippen LogP) is 1.14. The Hall–Kier alpha value is -0.830. The molecule has 0 aromatic heterocycles. The molecule has 0 saturated carbocycles. The van der Waals surface area contributed by atoms with Gasteiger partial charge in [0.15, 0.2) is 11.5 Å². The SMILES string of the molecule is COc1cccc(Br)c1OCCOCCS(N)(=O)=O. The largest absolute Gasteiger partial charge is 0.493 e. The summed E-state index contributed by atoms with van der Waals surface area (Å²) in [5.41, 5.74) is 0. The minimum atomic E-state index is -3.47. The Kier molecular flexibility index (Phi) is 6.56. The van der Waals surface area contributed by atoms with E-state index in [1.807, 2.05) is 12.1 Å². The highest BCUT2D eigenvalue weighted by molar-refractivity contribution is 9.10. The molecule has 0 bridgehead atoms. The molecule has 0 spiro atoms. The molecule has 0 saturated heterocycles. The molecule has 1 aromatic rings. The molecule has 0 heterocycles. The van der Waals surface area contributed by atoms with E-state index in [0.717, 1.165) is 4.47 Å². The van der Waals surface area contributed by atoms with Crippen LogP contribution in [0, 0.1) is 0 Å². The maximum atomic E-state index is 10.7. The minimum Gasteiger partial charge on any atom is -0.493 e. The lowest BCUT2D eigenvalue weighted by Crippen LogP contribution is -2.21. The molecule has 19 heavy (non-hydrogen) atoms. The van der Waals surface area contributed by atoms with Crippen molar-refractivity contribution in [1.82, 2.24) is 0 Å². The summed E-state index contributed by atoms with van der Waals surface area (Å²) in [6, 6.07) is 5.44. The number of para-hydroxylation sites is 1. The molecule has 0 fully saturated rings. The topological polar surface area (TPSA) is 87.8 Å². The number of hydrogen-bond acceptors (Lipinski definition) is 5. The molecule has 0 unspecified atom stereocenters. The van der Waals surface area contributed by atoms with Gasteiger partial charge in [0, 0.05) is 0 Å². The first-order valence-corrected chi connectivity index (χ1v) is 7.98. The second kappa shape index (κ2) is 7.68. The lowest BCUT2D eigenvalue weighted by atomic mass is 10.3. The first kappa shape index (κ1) is 16.2. The molecule has 2 N–H and O–H groups in total. The van der Waals surface area contributed by atoms with Crippen molar-refractivity contribution in [3.8, 4) is 11.5 Å². The van der Waals surface area contributed by atoms with Crippen molar-refractivity contribution in [3.05, 3.63) is 22.7 Å². The minimum absolute atomic E-state index is 0.0509. The Morgan fingerprint density at radius 2 is 2.00 bits per heavy atom. The maximum absolute atomic E-state index is 10.7. The van der Waals surface area contributed by atoms with Crippen LogP contribution in [0.3, 0.4) is 0 Å². The second-order valence-electron chi connectivity index (χ2n) is 3.60. The van der Waals surface area contributed by atoms with Gasteiger partial charge in [-0.25, -0.2) is 13.6 Å². The van der Waals surface area contributed by atoms with Gasteiger partial charge >= 0.3 is 0 Å². The van der Waals surface area contributed by atoms with Gasteiger partial charge in [-0.05, 0) is 28.1 Å². The van der Waals surface area contributed by atoms with Crippen LogP contribution < -0.4 is 14.6 Å². The molecule has 0 aliphatic rings. The van der Waals surface area contributed by atoms with Crippen molar-refractivity contribution in [3.63, 3.8) is 0 Å². The van der Waals surface area contributed by atoms with Gasteiger partial charge in [-0.2, -0.15) is 0 Å². The Labute approximate surface area is 121 Å². The van der Waals surface area contributed by atoms with Gasteiger partial charge in [0.25, 0.3) is 0 Å². The molecular formula is C11H16BrNO5S. The van der Waals surface area contributed by atoms with E-state index in [2.05, 4.69) is 15.9 Å². The van der Waals surface area contributed by atoms with E-state index in [4.69, 9.17) is 19.3 Å². The Balaban J connectivity index is 2.34. The molecule has 0 aliphatic carbocycles. The van der Waals surface area contributed by atoms with Crippen LogP contribution in [-0.2, 0) is 14.8 Å². The van der Waals surface area contributed by atoms with Crippen LogP contribution in [0.25, 0.3) is 0 Å². The lowest BCUT2D eigenvalue weighted by Gasteiger charge is -2.12. The molecule has 1 rings (SSSR count). The molecule has 0 aliphatic heterocycles. The van der Waals surface area contributed by atoms with E-state index in [1.54, 1.807) is 13.2 Å². The summed E-state index contributed by atoms with van der Waals surface area (Å²) >= 11 is 3.36. The summed E-state index contributed by atoms with van der Waals surface area (Å²) in [7, 11) is -1.92. The molecule has 0 radical (unpaired) electrons. The quantitative estimate of drug-likeness (QED) is 0.708. The summed E-state index contributed by atoms with van der Waals surface area (Å²) in [6.45, 7) is 0.596. The zero-order chi connectivity index (χ0) is 14.3. The first-order valence-electron chi connectivity index (χ1n) is 5.47. The van der Waals surface area contributed by atoms with Gasteiger partial charge in [-0.15, -0.1) is 0 Å². The summed E-state index contributed by atoms with van der Waals surface area (Å²) in [5, 5.41) is 4.84. The van der Waals surface area contributed by atoms with Crippen LogP contribution in [0.5, 0.6) is 11.5 Å². The summed E-state index contributed by atoms with van der Waals surface area (Å²) in [5.74, 6) is 0.990. The van der Waals surface area contributed by atoms with Gasteiger partial charge in [0.2, 0.25) is 10.0 Å². The fourth-order valence-electron chi connectivity index (χ4n) is 1.27. The molecule has 6 nitrogen and oxygen atoms in total. The number of methoxy groups -OCH3 is 1. The van der Waals surface area contributed by atoms with E-state index >= 15 is 0 Å². The van der Waals surface area contributed by atoms with Crippen molar-refractivity contribution in [1.29, 1.82) is 0 Å². The van der Waals surface area contributed by atoms with E-state index in [-0.39, 0.29) is 25.6 Å². The fraction of sp³-hybridized carbons (Fsp3) is 0.455. The maximum Gasteiger partial charge on any atom is 0.211 e. The van der Waals surface area contributed by atoms with Crippen LogP contribution in [0.4, 0.5) is 0 Å². The number of primary sulfonamides is 1. The number of ether oxygens (including phenoxy) is 3. The number of hydrogen-bond donors (Lipinski definition) is 1. The summed E-state index contributed by atoms with van der Waals surface area (Å²) in [4.78, 5) is 0. The third-order valence-corrected chi connectivity index (χ3v) is 3.50. The third kappa shape index (κ3) is 6.24. The van der Waals surface area contributed by atoms with Crippen molar-refractivity contribution in [2.24, 2.45) is 5.14 Å². The Bertz CT molecular complexity index is 506. The fourth-order valence-corrected chi connectivity index (χ4v) is 2.08. The first-order chi connectivity index (χ1) is 8.94. The normalized spacial score (nSPS) is 11.3. The molecular weight excluding hydrogens is 338 g/mol. The smallest absolute Gasteiger partial charge is 0.211 e. The number of halogens is 1. The number of nitrogens with two attached hydrogens (primary N) is 1. The van der Waals surface area contributed by atoms with Crippen LogP contribution in [-0.4, -0.2) is 41.1 Å². The highest BCUT2D eigenvalue weighted by Crippen LogP contribution is 2.34. The monoisotopic (exact) mass is 353 g/mol. The summed E-state index contributed by atoms with van der Waals surface area (Å²) < 4.78 is 37.9. The van der Waals surface area contributed by atoms with Gasteiger partial charge in [-0.3, -0.25) is 0 Å². The van der Waals surface area contributed by atoms with Crippen molar-refractivity contribution < 1.29 is 22.6 Å². The Morgan fingerprint density at radius 3 is 2.63 bits per heavy atom. The van der Waals surface area contributed by atoms with E-state index in [0.29, 0.717) is 11.5 Å². The van der Waals surface area contributed by atoms with E-state index < -0.39 is 10.0 Å². The zero-order valence-electron chi connectivity index (χ0n) is 10.5. The zero-order valence-corrected chi connectivity index (χ0v) is 12.9. The average Bonchev–Trinajstić information content (AvgIpc) is 2.33. The highest BCUT2D eigenvalue weighted by atomic mass is 79.9. The van der Waals surface area contributed by atoms with E-state index in [9.17, 15) is 8.42 Å². The van der Waals surface area contributed by atoms with E-state index in [1.165, 1.54) is 0 Å². The number of benzene rings is 1. The molecule has 0 amide bonds. The highest BCUT2D eigenvalue weighted by Gasteiger charge is 2.08. The molecule has 0 atom stereocenters.